The van der Waals surface area contributed by atoms with Gasteiger partial charge >= 0.3 is 0 Å². The van der Waals surface area contributed by atoms with Gasteiger partial charge in [-0.15, -0.1) is 0 Å². The van der Waals surface area contributed by atoms with Gasteiger partial charge in [0, 0.05) is 24.6 Å². The van der Waals surface area contributed by atoms with E-state index in [2.05, 4.69) is 28.3 Å². The molecule has 4 nitrogen and oxygen atoms in total. The second-order valence-electron chi connectivity index (χ2n) is 5.11. The molecule has 1 aliphatic rings. The molecule has 0 saturated carbocycles. The first kappa shape index (κ1) is 12.6. The van der Waals surface area contributed by atoms with Gasteiger partial charge < -0.3 is 5.32 Å². The minimum atomic E-state index is 0.632. The van der Waals surface area contributed by atoms with Crippen molar-refractivity contribution in [1.82, 2.24) is 9.97 Å². The first-order valence-electron chi connectivity index (χ1n) is 6.84. The Bertz CT molecular complexity index is 685. The summed E-state index contributed by atoms with van der Waals surface area (Å²) in [7, 11) is 0. The Hall–Kier alpha value is -2.41. The lowest BCUT2D eigenvalue weighted by Gasteiger charge is -2.11. The first-order valence-corrected chi connectivity index (χ1v) is 6.84. The summed E-state index contributed by atoms with van der Waals surface area (Å²) in [6.45, 7) is 2.69. The fraction of sp³-hybridized carbons (Fsp3) is 0.312. The van der Waals surface area contributed by atoms with Crippen molar-refractivity contribution in [2.24, 2.45) is 0 Å². The van der Waals surface area contributed by atoms with Gasteiger partial charge in [0.25, 0.3) is 0 Å². The van der Waals surface area contributed by atoms with Crippen molar-refractivity contribution in [2.45, 2.75) is 32.7 Å². The molecule has 2 aromatic rings. The van der Waals surface area contributed by atoms with Crippen molar-refractivity contribution in [3.05, 3.63) is 52.5 Å². The van der Waals surface area contributed by atoms with Crippen molar-refractivity contribution >= 4 is 5.82 Å². The molecule has 1 aliphatic carbocycles. The van der Waals surface area contributed by atoms with Gasteiger partial charge in [-0.05, 0) is 55.0 Å². The molecular weight excluding hydrogens is 248 g/mol. The summed E-state index contributed by atoms with van der Waals surface area (Å²) in [6, 6.07) is 6.20. The molecule has 0 unspecified atom stereocenters. The maximum atomic E-state index is 9.26. The summed E-state index contributed by atoms with van der Waals surface area (Å²) < 4.78 is 0. The Morgan fingerprint density at radius 2 is 2.30 bits per heavy atom. The molecule has 0 saturated heterocycles. The molecule has 2 aromatic heterocycles. The SMILES string of the molecule is Cc1ccncc1CNc1nc2c(cc1C#N)CCC2. The Balaban J connectivity index is 1.84. The second-order valence-corrected chi connectivity index (χ2v) is 5.11. The average molecular weight is 264 g/mol. The zero-order valence-corrected chi connectivity index (χ0v) is 11.5. The zero-order valence-electron chi connectivity index (χ0n) is 11.5. The molecule has 0 atom stereocenters. The van der Waals surface area contributed by atoms with Crippen LogP contribution >= 0.6 is 0 Å². The summed E-state index contributed by atoms with van der Waals surface area (Å²) >= 11 is 0. The third-order valence-corrected chi connectivity index (χ3v) is 3.77. The van der Waals surface area contributed by atoms with Gasteiger partial charge in [0.05, 0.1) is 5.56 Å². The third-order valence-electron chi connectivity index (χ3n) is 3.77. The molecule has 3 rings (SSSR count). The van der Waals surface area contributed by atoms with Gasteiger partial charge in [-0.1, -0.05) is 0 Å². The van der Waals surface area contributed by atoms with Crippen LogP contribution in [0.25, 0.3) is 0 Å². The summed E-state index contributed by atoms with van der Waals surface area (Å²) in [5, 5.41) is 12.5. The normalized spacial score (nSPS) is 12.8. The number of hydrogen-bond acceptors (Lipinski definition) is 4. The predicted molar refractivity (Wildman–Crippen MR) is 77.3 cm³/mol. The average Bonchev–Trinajstić information content (AvgIpc) is 2.92. The number of hydrogen-bond donors (Lipinski definition) is 1. The van der Waals surface area contributed by atoms with Crippen molar-refractivity contribution in [3.63, 3.8) is 0 Å². The number of rotatable bonds is 3. The van der Waals surface area contributed by atoms with E-state index in [-0.39, 0.29) is 0 Å². The van der Waals surface area contributed by atoms with Gasteiger partial charge in [0.2, 0.25) is 0 Å². The maximum absolute atomic E-state index is 9.26. The minimum absolute atomic E-state index is 0.632. The van der Waals surface area contributed by atoms with E-state index in [4.69, 9.17) is 0 Å². The van der Waals surface area contributed by atoms with Crippen LogP contribution in [0.4, 0.5) is 5.82 Å². The lowest BCUT2D eigenvalue weighted by molar-refractivity contribution is 0.899. The van der Waals surface area contributed by atoms with E-state index in [1.165, 1.54) is 11.1 Å². The summed E-state index contributed by atoms with van der Waals surface area (Å²) in [6.07, 6.45) is 6.83. The zero-order chi connectivity index (χ0) is 13.9. The molecule has 0 aromatic carbocycles. The van der Waals surface area contributed by atoms with E-state index >= 15 is 0 Å². The largest absolute Gasteiger partial charge is 0.365 e. The highest BCUT2D eigenvalue weighted by Crippen LogP contribution is 2.25. The molecule has 0 amide bonds. The van der Waals surface area contributed by atoms with Crippen LogP contribution < -0.4 is 5.32 Å². The second kappa shape index (κ2) is 5.30. The quantitative estimate of drug-likeness (QED) is 0.926. The molecule has 0 bridgehead atoms. The van der Waals surface area contributed by atoms with E-state index in [1.807, 2.05) is 18.3 Å². The van der Waals surface area contributed by atoms with Crippen LogP contribution in [0.2, 0.25) is 0 Å². The van der Waals surface area contributed by atoms with Gasteiger partial charge in [-0.25, -0.2) is 4.98 Å². The topological polar surface area (TPSA) is 61.6 Å². The Kier molecular flexibility index (Phi) is 3.34. The summed E-state index contributed by atoms with van der Waals surface area (Å²) in [5.41, 5.74) is 5.30. The monoisotopic (exact) mass is 264 g/mol. The van der Waals surface area contributed by atoms with E-state index < -0.39 is 0 Å². The van der Waals surface area contributed by atoms with E-state index in [0.717, 1.165) is 30.5 Å². The molecule has 0 fully saturated rings. The van der Waals surface area contributed by atoms with E-state index in [1.54, 1.807) is 6.20 Å². The van der Waals surface area contributed by atoms with Crippen molar-refractivity contribution in [3.8, 4) is 6.07 Å². The summed E-state index contributed by atoms with van der Waals surface area (Å²) in [4.78, 5) is 8.75. The molecule has 0 radical (unpaired) electrons. The predicted octanol–water partition coefficient (Wildman–Crippen LogP) is 2.76. The highest BCUT2D eigenvalue weighted by atomic mass is 15.0. The van der Waals surface area contributed by atoms with Crippen LogP contribution in [0.15, 0.2) is 24.5 Å². The smallest absolute Gasteiger partial charge is 0.144 e. The van der Waals surface area contributed by atoms with Crippen molar-refractivity contribution in [2.75, 3.05) is 5.32 Å². The molecule has 0 spiro atoms. The lowest BCUT2D eigenvalue weighted by Crippen LogP contribution is -2.07. The van der Waals surface area contributed by atoms with Gasteiger partial charge in [0.1, 0.15) is 11.9 Å². The molecule has 0 aliphatic heterocycles. The number of pyridine rings is 2. The molecule has 100 valence electrons. The fourth-order valence-corrected chi connectivity index (χ4v) is 2.55. The minimum Gasteiger partial charge on any atom is -0.365 e. The molecule has 4 heteroatoms. The number of nitrogens with zero attached hydrogens (tertiary/aromatic N) is 3. The molecule has 20 heavy (non-hydrogen) atoms. The van der Waals surface area contributed by atoms with Crippen LogP contribution in [0.1, 0.15) is 34.4 Å². The number of aryl methyl sites for hydroxylation is 3. The third kappa shape index (κ3) is 2.35. The highest BCUT2D eigenvalue weighted by molar-refractivity contribution is 5.55. The van der Waals surface area contributed by atoms with Crippen molar-refractivity contribution < 1.29 is 0 Å². The standard InChI is InChI=1S/C16H16N4/c1-11-5-6-18-9-14(11)10-19-16-13(8-17)7-12-3-2-4-15(12)20-16/h5-7,9H,2-4,10H2,1H3,(H,19,20). The van der Waals surface area contributed by atoms with Crippen LogP contribution in [0, 0.1) is 18.3 Å². The molecule has 1 N–H and O–H groups in total. The van der Waals surface area contributed by atoms with Crippen LogP contribution in [0.3, 0.4) is 0 Å². The number of nitriles is 1. The van der Waals surface area contributed by atoms with Crippen LogP contribution in [-0.4, -0.2) is 9.97 Å². The van der Waals surface area contributed by atoms with Crippen LogP contribution in [-0.2, 0) is 19.4 Å². The number of nitrogens with one attached hydrogen (secondary N) is 1. The number of anilines is 1. The van der Waals surface area contributed by atoms with Crippen molar-refractivity contribution in [1.29, 1.82) is 5.26 Å². The molecule has 2 heterocycles. The van der Waals surface area contributed by atoms with E-state index in [9.17, 15) is 5.26 Å². The Morgan fingerprint density at radius 1 is 1.40 bits per heavy atom. The first-order chi connectivity index (χ1) is 9.78. The summed E-state index contributed by atoms with van der Waals surface area (Å²) in [5.74, 6) is 0.691. The lowest BCUT2D eigenvalue weighted by atomic mass is 10.1. The van der Waals surface area contributed by atoms with Gasteiger partial charge in [-0.2, -0.15) is 5.26 Å². The Morgan fingerprint density at radius 3 is 3.10 bits per heavy atom. The maximum Gasteiger partial charge on any atom is 0.144 e. The number of aromatic nitrogens is 2. The van der Waals surface area contributed by atoms with Crippen LogP contribution in [0.5, 0.6) is 0 Å². The van der Waals surface area contributed by atoms with Gasteiger partial charge in [0.15, 0.2) is 0 Å². The molecular formula is C16H16N4. The fourth-order valence-electron chi connectivity index (χ4n) is 2.55. The number of fused-ring (bicyclic) bond motifs is 1. The Labute approximate surface area is 118 Å². The van der Waals surface area contributed by atoms with Gasteiger partial charge in [-0.3, -0.25) is 4.98 Å². The highest BCUT2D eigenvalue weighted by Gasteiger charge is 2.16. The van der Waals surface area contributed by atoms with E-state index in [0.29, 0.717) is 17.9 Å².